The Bertz CT molecular complexity index is 1110. The van der Waals surface area contributed by atoms with Gasteiger partial charge in [-0.05, 0) is 69.9 Å². The van der Waals surface area contributed by atoms with Crippen molar-refractivity contribution in [3.05, 3.63) is 59.2 Å². The highest BCUT2D eigenvalue weighted by molar-refractivity contribution is 6.06. The molecule has 4 rings (SSSR count). The van der Waals surface area contributed by atoms with Gasteiger partial charge >= 0.3 is 6.03 Å². The predicted octanol–water partition coefficient (Wildman–Crippen LogP) is 4.07. The van der Waals surface area contributed by atoms with Gasteiger partial charge in [-0.15, -0.1) is 0 Å². The van der Waals surface area contributed by atoms with Crippen LogP contribution in [-0.2, 0) is 16.1 Å². The van der Waals surface area contributed by atoms with Gasteiger partial charge in [-0.25, -0.2) is 4.79 Å². The number of likely N-dealkylation sites (tertiary alicyclic amines) is 1. The van der Waals surface area contributed by atoms with Crippen LogP contribution in [0, 0.1) is 13.8 Å². The van der Waals surface area contributed by atoms with E-state index in [1.54, 1.807) is 21.0 Å². The lowest BCUT2D eigenvalue weighted by molar-refractivity contribution is -0.130. The van der Waals surface area contributed by atoms with Crippen LogP contribution in [0.1, 0.15) is 43.4 Å². The molecule has 8 heteroatoms. The minimum Gasteiger partial charge on any atom is -0.492 e. The molecule has 0 bridgehead atoms. The van der Waals surface area contributed by atoms with Gasteiger partial charge in [-0.1, -0.05) is 29.8 Å². The number of imide groups is 1. The average molecular weight is 510 g/mol. The molecule has 2 saturated heterocycles. The Morgan fingerprint density at radius 3 is 2.27 bits per heavy atom. The van der Waals surface area contributed by atoms with E-state index in [2.05, 4.69) is 48.3 Å². The van der Waals surface area contributed by atoms with Crippen LogP contribution in [0.25, 0.3) is 0 Å². The predicted molar refractivity (Wildman–Crippen MR) is 142 cm³/mol. The summed E-state index contributed by atoms with van der Waals surface area (Å²) in [5, 5.41) is 2.68. The lowest BCUT2D eigenvalue weighted by atomic mass is 9.91. The summed E-state index contributed by atoms with van der Waals surface area (Å²) < 4.78 is 17.9. The smallest absolute Gasteiger partial charge is 0.325 e. The second-order valence-corrected chi connectivity index (χ2v) is 10.7. The quantitative estimate of drug-likeness (QED) is 0.487. The molecule has 0 atom stereocenters. The fourth-order valence-electron chi connectivity index (χ4n) is 4.92. The number of piperidine rings is 1. The monoisotopic (exact) mass is 509 g/mol. The number of nitrogens with one attached hydrogen (secondary N) is 1. The van der Waals surface area contributed by atoms with Gasteiger partial charge in [-0.2, -0.15) is 0 Å². The van der Waals surface area contributed by atoms with Crippen molar-refractivity contribution in [3.63, 3.8) is 0 Å². The van der Waals surface area contributed by atoms with Gasteiger partial charge < -0.3 is 19.5 Å². The second kappa shape index (κ2) is 11.1. The molecular weight excluding hydrogens is 470 g/mol. The zero-order valence-corrected chi connectivity index (χ0v) is 22.6. The van der Waals surface area contributed by atoms with E-state index in [1.807, 2.05) is 18.2 Å². The highest BCUT2D eigenvalue weighted by atomic mass is 16.5. The van der Waals surface area contributed by atoms with Crippen LogP contribution >= 0.6 is 0 Å². The van der Waals surface area contributed by atoms with Gasteiger partial charge in [0.2, 0.25) is 0 Å². The fourth-order valence-corrected chi connectivity index (χ4v) is 4.92. The van der Waals surface area contributed by atoms with Gasteiger partial charge in [0.25, 0.3) is 5.91 Å². The van der Waals surface area contributed by atoms with E-state index in [0.717, 1.165) is 49.5 Å². The summed E-state index contributed by atoms with van der Waals surface area (Å²) in [6.45, 7) is 11.3. The van der Waals surface area contributed by atoms with Gasteiger partial charge in [0.15, 0.2) is 0 Å². The van der Waals surface area contributed by atoms with Crippen LogP contribution in [0.2, 0.25) is 0 Å². The van der Waals surface area contributed by atoms with E-state index in [-0.39, 0.29) is 30.7 Å². The Labute approximate surface area is 219 Å². The van der Waals surface area contributed by atoms with Crippen LogP contribution in [0.4, 0.5) is 4.79 Å². The van der Waals surface area contributed by atoms with Crippen molar-refractivity contribution in [3.8, 4) is 11.5 Å². The summed E-state index contributed by atoms with van der Waals surface area (Å²) in [7, 11) is 1.78. The number of ether oxygens (including phenoxy) is 3. The zero-order chi connectivity index (χ0) is 26.6. The molecule has 2 fully saturated rings. The van der Waals surface area contributed by atoms with E-state index < -0.39 is 5.54 Å². The summed E-state index contributed by atoms with van der Waals surface area (Å²) in [5.74, 6) is 1.41. The lowest BCUT2D eigenvalue weighted by Crippen LogP contribution is -2.48. The first kappa shape index (κ1) is 26.9. The van der Waals surface area contributed by atoms with Crippen molar-refractivity contribution in [2.24, 2.45) is 0 Å². The number of benzene rings is 2. The number of amides is 3. The Morgan fingerprint density at radius 2 is 1.68 bits per heavy atom. The fraction of sp³-hybridized carbons (Fsp3) is 0.517. The van der Waals surface area contributed by atoms with E-state index in [0.29, 0.717) is 6.61 Å². The summed E-state index contributed by atoms with van der Waals surface area (Å²) in [5.41, 5.74) is 2.46. The number of carbonyl (C=O) groups is 2. The molecule has 2 aliphatic heterocycles. The number of aryl methyl sites for hydroxylation is 2. The van der Waals surface area contributed by atoms with Crippen LogP contribution in [-0.4, -0.2) is 72.8 Å². The Balaban J connectivity index is 1.22. The van der Waals surface area contributed by atoms with Gasteiger partial charge in [0.05, 0.1) is 6.54 Å². The van der Waals surface area contributed by atoms with Gasteiger partial charge in [0, 0.05) is 26.7 Å². The lowest BCUT2D eigenvalue weighted by Gasteiger charge is -2.40. The molecule has 3 amide bonds. The summed E-state index contributed by atoms with van der Waals surface area (Å²) in [6.07, 6.45) is 1.82. The number of methoxy groups -OCH3 is 1. The third-order valence-electron chi connectivity index (χ3n) is 7.38. The van der Waals surface area contributed by atoms with Crippen molar-refractivity contribution in [1.29, 1.82) is 0 Å². The molecule has 2 aliphatic rings. The SMILES string of the molecule is COC1(COc2ccc(C)cc2C)CCN(Cc2ccc(OCCN3C(=O)NC(C)(C)C3=O)cc2)CC1. The molecule has 0 unspecified atom stereocenters. The minimum absolute atomic E-state index is 0.220. The van der Waals surface area contributed by atoms with Crippen molar-refractivity contribution in [2.75, 3.05) is 40.0 Å². The number of urea groups is 1. The molecule has 1 N–H and O–H groups in total. The van der Waals surface area contributed by atoms with E-state index in [1.165, 1.54) is 16.0 Å². The topological polar surface area (TPSA) is 80.3 Å². The first-order valence-electron chi connectivity index (χ1n) is 12.9. The molecule has 2 aromatic rings. The molecule has 37 heavy (non-hydrogen) atoms. The number of rotatable bonds is 10. The average Bonchev–Trinajstić information content (AvgIpc) is 3.07. The van der Waals surface area contributed by atoms with Crippen LogP contribution in [0.3, 0.4) is 0 Å². The zero-order valence-electron chi connectivity index (χ0n) is 22.6. The minimum atomic E-state index is -0.858. The van der Waals surface area contributed by atoms with E-state index in [4.69, 9.17) is 14.2 Å². The number of carbonyl (C=O) groups excluding carboxylic acids is 2. The molecule has 8 nitrogen and oxygen atoms in total. The van der Waals surface area contributed by atoms with Crippen LogP contribution in [0.15, 0.2) is 42.5 Å². The second-order valence-electron chi connectivity index (χ2n) is 10.7. The molecule has 2 aromatic carbocycles. The van der Waals surface area contributed by atoms with Gasteiger partial charge in [-0.3, -0.25) is 14.6 Å². The maximum Gasteiger partial charge on any atom is 0.325 e. The molecule has 0 spiro atoms. The van der Waals surface area contributed by atoms with E-state index in [9.17, 15) is 9.59 Å². The summed E-state index contributed by atoms with van der Waals surface area (Å²) >= 11 is 0. The number of nitrogens with zero attached hydrogens (tertiary/aromatic N) is 2. The molecule has 0 saturated carbocycles. The molecule has 0 aromatic heterocycles. The third-order valence-corrected chi connectivity index (χ3v) is 7.38. The van der Waals surface area contributed by atoms with Crippen LogP contribution < -0.4 is 14.8 Å². The first-order valence-corrected chi connectivity index (χ1v) is 12.9. The highest BCUT2D eigenvalue weighted by Gasteiger charge is 2.44. The normalized spacial score (nSPS) is 19.1. The molecular formula is C29H39N3O5. The Kier molecular flexibility index (Phi) is 8.09. The van der Waals surface area contributed by atoms with Crippen molar-refractivity contribution in [2.45, 2.75) is 58.2 Å². The van der Waals surface area contributed by atoms with E-state index >= 15 is 0 Å². The molecule has 0 aliphatic carbocycles. The summed E-state index contributed by atoms with van der Waals surface area (Å²) in [6, 6.07) is 13.9. The maximum absolute atomic E-state index is 12.3. The highest BCUT2D eigenvalue weighted by Crippen LogP contribution is 2.29. The Morgan fingerprint density at radius 1 is 0.973 bits per heavy atom. The first-order chi connectivity index (χ1) is 17.6. The van der Waals surface area contributed by atoms with Crippen LogP contribution in [0.5, 0.6) is 11.5 Å². The number of hydrogen-bond donors (Lipinski definition) is 1. The van der Waals surface area contributed by atoms with Crippen molar-refractivity contribution < 1.29 is 23.8 Å². The molecule has 200 valence electrons. The summed E-state index contributed by atoms with van der Waals surface area (Å²) in [4.78, 5) is 27.9. The van der Waals surface area contributed by atoms with Crippen molar-refractivity contribution >= 4 is 11.9 Å². The maximum atomic E-state index is 12.3. The van der Waals surface area contributed by atoms with Gasteiger partial charge in [0.1, 0.15) is 35.9 Å². The third kappa shape index (κ3) is 6.43. The Hall–Kier alpha value is -3.10. The largest absolute Gasteiger partial charge is 0.492 e. The standard InChI is InChI=1S/C29H39N3O5/c1-21-6-11-25(22(2)18-21)37-20-29(35-5)12-14-31(15-13-29)19-23-7-9-24(10-8-23)36-17-16-32-26(33)28(3,4)30-27(32)34/h6-11,18H,12-17,19-20H2,1-5H3,(H,30,34). The molecule has 2 heterocycles. The van der Waals surface area contributed by atoms with Crippen molar-refractivity contribution in [1.82, 2.24) is 15.1 Å². The number of hydrogen-bond acceptors (Lipinski definition) is 6. The molecule has 0 radical (unpaired) electrons.